The second-order valence-corrected chi connectivity index (χ2v) is 6.99. The molecule has 1 fully saturated rings. The van der Waals surface area contributed by atoms with Gasteiger partial charge >= 0.3 is 0 Å². The van der Waals surface area contributed by atoms with Crippen LogP contribution in [-0.4, -0.2) is 26.4 Å². The van der Waals surface area contributed by atoms with Gasteiger partial charge in [-0.2, -0.15) is 11.8 Å². The van der Waals surface area contributed by atoms with Crippen molar-refractivity contribution >= 4 is 34.4 Å². The van der Waals surface area contributed by atoms with Gasteiger partial charge in [-0.15, -0.1) is 11.6 Å². The van der Waals surface area contributed by atoms with E-state index < -0.39 is 0 Å². The Morgan fingerprint density at radius 2 is 2.37 bits per heavy atom. The van der Waals surface area contributed by atoms with Gasteiger partial charge in [0, 0.05) is 24.1 Å². The summed E-state index contributed by atoms with van der Waals surface area (Å²) in [5.74, 6) is 3.09. The highest BCUT2D eigenvalue weighted by Gasteiger charge is 2.19. The number of thioether (sulfide) groups is 1. The van der Waals surface area contributed by atoms with Crippen molar-refractivity contribution in [1.82, 2.24) is 9.55 Å². The SMILES string of the molecule is Cc1ccc2c(c1)nc(CCCl)n2CC1CCCS1. The average molecular weight is 295 g/mol. The van der Waals surface area contributed by atoms with E-state index in [1.54, 1.807) is 0 Å². The van der Waals surface area contributed by atoms with Crippen molar-refractivity contribution in [1.29, 1.82) is 0 Å². The Labute approximate surface area is 123 Å². The number of imidazole rings is 1. The fourth-order valence-corrected chi connectivity index (χ4v) is 4.18. The van der Waals surface area contributed by atoms with Gasteiger partial charge in [0.25, 0.3) is 0 Å². The van der Waals surface area contributed by atoms with E-state index in [0.717, 1.165) is 29.6 Å². The molecule has 3 rings (SSSR count). The molecule has 0 amide bonds. The van der Waals surface area contributed by atoms with Crippen molar-refractivity contribution in [2.75, 3.05) is 11.6 Å². The van der Waals surface area contributed by atoms with Crippen molar-refractivity contribution < 1.29 is 0 Å². The molecule has 1 atom stereocenters. The number of fused-ring (bicyclic) bond motifs is 1. The smallest absolute Gasteiger partial charge is 0.111 e. The van der Waals surface area contributed by atoms with Gasteiger partial charge in [0.15, 0.2) is 0 Å². The van der Waals surface area contributed by atoms with Crippen LogP contribution in [0.3, 0.4) is 0 Å². The van der Waals surface area contributed by atoms with Crippen LogP contribution in [0, 0.1) is 6.92 Å². The predicted octanol–water partition coefficient (Wildman–Crippen LogP) is 4.02. The summed E-state index contributed by atoms with van der Waals surface area (Å²) in [4.78, 5) is 4.77. The van der Waals surface area contributed by atoms with E-state index in [0.29, 0.717) is 5.88 Å². The minimum atomic E-state index is 0.639. The molecule has 1 aliphatic rings. The zero-order valence-electron chi connectivity index (χ0n) is 11.2. The number of hydrogen-bond acceptors (Lipinski definition) is 2. The average Bonchev–Trinajstić information content (AvgIpc) is 2.99. The third-order valence-corrected chi connectivity index (χ3v) is 5.28. The maximum absolute atomic E-state index is 5.92. The molecule has 1 saturated heterocycles. The minimum Gasteiger partial charge on any atom is -0.327 e. The summed E-state index contributed by atoms with van der Waals surface area (Å²) in [5.41, 5.74) is 3.64. The number of halogens is 1. The van der Waals surface area contributed by atoms with Crippen molar-refractivity contribution in [3.63, 3.8) is 0 Å². The second kappa shape index (κ2) is 5.76. The molecule has 0 N–H and O–H groups in total. The Balaban J connectivity index is 2.00. The summed E-state index contributed by atoms with van der Waals surface area (Å²) < 4.78 is 2.39. The van der Waals surface area contributed by atoms with Crippen LogP contribution in [0.5, 0.6) is 0 Å². The standard InChI is InChI=1S/C15H19ClN2S/c1-11-4-5-14-13(9-11)17-15(6-7-16)18(14)10-12-3-2-8-19-12/h4-5,9,12H,2-3,6-8,10H2,1H3. The summed E-state index contributed by atoms with van der Waals surface area (Å²) in [6.07, 6.45) is 3.54. The Morgan fingerprint density at radius 1 is 1.47 bits per heavy atom. The number of hydrogen-bond donors (Lipinski definition) is 0. The lowest BCUT2D eigenvalue weighted by atomic mass is 10.2. The highest BCUT2D eigenvalue weighted by molar-refractivity contribution is 8.00. The Morgan fingerprint density at radius 3 is 3.11 bits per heavy atom. The highest BCUT2D eigenvalue weighted by Crippen LogP contribution is 2.29. The molecule has 1 aliphatic heterocycles. The minimum absolute atomic E-state index is 0.639. The van der Waals surface area contributed by atoms with Crippen LogP contribution < -0.4 is 0 Å². The quantitative estimate of drug-likeness (QED) is 0.793. The first kappa shape index (κ1) is 13.3. The van der Waals surface area contributed by atoms with Gasteiger partial charge in [-0.1, -0.05) is 6.07 Å². The summed E-state index contributed by atoms with van der Waals surface area (Å²) in [5, 5.41) is 0.743. The first-order chi connectivity index (χ1) is 9.28. The molecule has 0 saturated carbocycles. The first-order valence-corrected chi connectivity index (χ1v) is 8.49. The van der Waals surface area contributed by atoms with Crippen LogP contribution in [0.25, 0.3) is 11.0 Å². The molecule has 1 aromatic heterocycles. The van der Waals surface area contributed by atoms with E-state index in [4.69, 9.17) is 16.6 Å². The van der Waals surface area contributed by atoms with Gasteiger partial charge in [-0.05, 0) is 43.2 Å². The normalized spacial score (nSPS) is 19.4. The molecule has 2 nitrogen and oxygen atoms in total. The van der Waals surface area contributed by atoms with Gasteiger partial charge in [0.1, 0.15) is 5.82 Å². The summed E-state index contributed by atoms with van der Waals surface area (Å²) in [6, 6.07) is 6.55. The van der Waals surface area contributed by atoms with Crippen molar-refractivity contribution in [2.24, 2.45) is 0 Å². The fourth-order valence-electron chi connectivity index (χ4n) is 2.76. The summed E-state index contributed by atoms with van der Waals surface area (Å²) in [7, 11) is 0. The number of aromatic nitrogens is 2. The third kappa shape index (κ3) is 2.77. The zero-order valence-corrected chi connectivity index (χ0v) is 12.8. The van der Waals surface area contributed by atoms with Crippen LogP contribution in [0.2, 0.25) is 0 Å². The highest BCUT2D eigenvalue weighted by atomic mass is 35.5. The Bertz CT molecular complexity index is 573. The molecule has 1 aromatic carbocycles. The molecular weight excluding hydrogens is 276 g/mol. The van der Waals surface area contributed by atoms with Crippen LogP contribution in [0.1, 0.15) is 24.2 Å². The molecule has 19 heavy (non-hydrogen) atoms. The van der Waals surface area contributed by atoms with E-state index in [-0.39, 0.29) is 0 Å². The van der Waals surface area contributed by atoms with E-state index in [1.807, 2.05) is 0 Å². The lowest BCUT2D eigenvalue weighted by Crippen LogP contribution is -2.13. The topological polar surface area (TPSA) is 17.8 Å². The number of rotatable bonds is 4. The molecule has 0 bridgehead atoms. The second-order valence-electron chi connectivity index (χ2n) is 5.20. The van der Waals surface area contributed by atoms with Gasteiger partial charge < -0.3 is 4.57 Å². The van der Waals surface area contributed by atoms with Gasteiger partial charge in [0.2, 0.25) is 0 Å². The number of aryl methyl sites for hydroxylation is 2. The number of nitrogens with zero attached hydrogens (tertiary/aromatic N) is 2. The molecule has 0 radical (unpaired) electrons. The molecule has 102 valence electrons. The van der Waals surface area contributed by atoms with E-state index in [9.17, 15) is 0 Å². The molecule has 2 heterocycles. The van der Waals surface area contributed by atoms with Crippen LogP contribution in [-0.2, 0) is 13.0 Å². The van der Waals surface area contributed by atoms with Gasteiger partial charge in [-0.25, -0.2) is 4.98 Å². The summed E-state index contributed by atoms with van der Waals surface area (Å²) in [6.45, 7) is 3.20. The third-order valence-electron chi connectivity index (χ3n) is 3.71. The number of alkyl halides is 1. The van der Waals surface area contributed by atoms with E-state index in [2.05, 4.69) is 41.5 Å². The van der Waals surface area contributed by atoms with E-state index >= 15 is 0 Å². The summed E-state index contributed by atoms with van der Waals surface area (Å²) >= 11 is 8.02. The maximum atomic E-state index is 5.92. The van der Waals surface area contributed by atoms with Crippen LogP contribution >= 0.6 is 23.4 Å². The van der Waals surface area contributed by atoms with Gasteiger partial charge in [-0.3, -0.25) is 0 Å². The largest absolute Gasteiger partial charge is 0.327 e. The molecule has 0 spiro atoms. The molecule has 0 aliphatic carbocycles. The fraction of sp³-hybridized carbons (Fsp3) is 0.533. The first-order valence-electron chi connectivity index (χ1n) is 6.91. The molecule has 4 heteroatoms. The lowest BCUT2D eigenvalue weighted by molar-refractivity contribution is 0.627. The van der Waals surface area contributed by atoms with Gasteiger partial charge in [0.05, 0.1) is 11.0 Å². The van der Waals surface area contributed by atoms with Crippen molar-refractivity contribution in [2.45, 2.75) is 38.0 Å². The zero-order chi connectivity index (χ0) is 13.2. The number of benzene rings is 1. The van der Waals surface area contributed by atoms with Crippen LogP contribution in [0.4, 0.5) is 0 Å². The van der Waals surface area contributed by atoms with Crippen molar-refractivity contribution in [3.8, 4) is 0 Å². The van der Waals surface area contributed by atoms with Crippen molar-refractivity contribution in [3.05, 3.63) is 29.6 Å². The Kier molecular flexibility index (Phi) is 4.04. The molecular formula is C15H19ClN2S. The van der Waals surface area contributed by atoms with Crippen LogP contribution in [0.15, 0.2) is 18.2 Å². The molecule has 2 aromatic rings. The van der Waals surface area contributed by atoms with E-state index in [1.165, 1.54) is 29.7 Å². The predicted molar refractivity (Wildman–Crippen MR) is 84.4 cm³/mol. The maximum Gasteiger partial charge on any atom is 0.111 e. The monoisotopic (exact) mass is 294 g/mol. The molecule has 1 unspecified atom stereocenters. The lowest BCUT2D eigenvalue weighted by Gasteiger charge is -2.13. The Hall–Kier alpha value is -0.670.